The molecule has 0 saturated heterocycles. The molecular formula is C12H17ClN2O. The van der Waals surface area contributed by atoms with Crippen molar-refractivity contribution in [2.45, 2.75) is 32.6 Å². The molecule has 1 aromatic rings. The van der Waals surface area contributed by atoms with Crippen LogP contribution in [0.4, 0.5) is 0 Å². The van der Waals surface area contributed by atoms with Gasteiger partial charge in [0, 0.05) is 18.9 Å². The Labute approximate surface area is 101 Å². The van der Waals surface area contributed by atoms with Crippen molar-refractivity contribution in [2.24, 2.45) is 0 Å². The van der Waals surface area contributed by atoms with Gasteiger partial charge in [-0.2, -0.15) is 0 Å². The highest BCUT2D eigenvalue weighted by molar-refractivity contribution is 6.33. The Hall–Kier alpha value is -1.09. The average Bonchev–Trinajstić information content (AvgIpc) is 2.29. The monoisotopic (exact) mass is 240 g/mol. The number of nitrogens with one attached hydrogen (secondary N) is 1. The summed E-state index contributed by atoms with van der Waals surface area (Å²) in [5.41, 5.74) is 0.444. The molecule has 0 aliphatic carbocycles. The third kappa shape index (κ3) is 4.19. The van der Waals surface area contributed by atoms with Crippen molar-refractivity contribution >= 4 is 17.5 Å². The molecular weight excluding hydrogens is 224 g/mol. The van der Waals surface area contributed by atoms with Gasteiger partial charge in [-0.15, -0.1) is 0 Å². The molecule has 3 nitrogen and oxygen atoms in total. The van der Waals surface area contributed by atoms with Crippen LogP contribution in [0.5, 0.6) is 0 Å². The second-order valence-electron chi connectivity index (χ2n) is 3.67. The van der Waals surface area contributed by atoms with E-state index in [4.69, 9.17) is 11.6 Å². The van der Waals surface area contributed by atoms with E-state index in [1.54, 1.807) is 12.3 Å². The molecule has 0 aliphatic heterocycles. The van der Waals surface area contributed by atoms with Crippen molar-refractivity contribution in [3.05, 3.63) is 29.0 Å². The number of halogens is 1. The van der Waals surface area contributed by atoms with E-state index < -0.39 is 0 Å². The molecule has 0 unspecified atom stereocenters. The summed E-state index contributed by atoms with van der Waals surface area (Å²) >= 11 is 5.88. The molecule has 1 aromatic heterocycles. The first-order valence-electron chi connectivity index (χ1n) is 5.63. The molecule has 0 aliphatic rings. The molecule has 0 saturated carbocycles. The second-order valence-corrected chi connectivity index (χ2v) is 4.08. The van der Waals surface area contributed by atoms with E-state index in [9.17, 15) is 4.79 Å². The largest absolute Gasteiger partial charge is 0.352 e. The van der Waals surface area contributed by atoms with Crippen LogP contribution in [0.25, 0.3) is 0 Å². The standard InChI is InChI=1S/C12H17ClN2O/c1-2-3-4-5-7-15-12(16)10-9-14-8-6-11(10)13/h6,8-9H,2-5,7H2,1H3,(H,15,16). The number of pyridine rings is 1. The Morgan fingerprint density at radius 3 is 2.94 bits per heavy atom. The van der Waals surface area contributed by atoms with Crippen molar-refractivity contribution in [3.63, 3.8) is 0 Å². The Morgan fingerprint density at radius 1 is 1.44 bits per heavy atom. The van der Waals surface area contributed by atoms with E-state index in [-0.39, 0.29) is 5.91 Å². The van der Waals surface area contributed by atoms with Crippen LogP contribution in [0.15, 0.2) is 18.5 Å². The van der Waals surface area contributed by atoms with Gasteiger partial charge in [0.05, 0.1) is 10.6 Å². The minimum Gasteiger partial charge on any atom is -0.352 e. The van der Waals surface area contributed by atoms with Gasteiger partial charge in [0.2, 0.25) is 0 Å². The molecule has 1 amide bonds. The van der Waals surface area contributed by atoms with Gasteiger partial charge in [-0.25, -0.2) is 0 Å². The van der Waals surface area contributed by atoms with Crippen LogP contribution >= 0.6 is 11.6 Å². The lowest BCUT2D eigenvalue weighted by atomic mass is 10.2. The quantitative estimate of drug-likeness (QED) is 0.777. The summed E-state index contributed by atoms with van der Waals surface area (Å²) in [6.45, 7) is 2.86. The van der Waals surface area contributed by atoms with Gasteiger partial charge in [-0.05, 0) is 12.5 Å². The highest BCUT2D eigenvalue weighted by Gasteiger charge is 2.08. The van der Waals surface area contributed by atoms with Gasteiger partial charge < -0.3 is 5.32 Å². The predicted octanol–water partition coefficient (Wildman–Crippen LogP) is 3.05. The summed E-state index contributed by atoms with van der Waals surface area (Å²) < 4.78 is 0. The molecule has 0 radical (unpaired) electrons. The Morgan fingerprint density at radius 2 is 2.25 bits per heavy atom. The summed E-state index contributed by atoms with van der Waals surface area (Å²) in [5.74, 6) is -0.144. The molecule has 0 atom stereocenters. The summed E-state index contributed by atoms with van der Waals surface area (Å²) in [7, 11) is 0. The topological polar surface area (TPSA) is 42.0 Å². The molecule has 0 bridgehead atoms. The first kappa shape index (κ1) is 13.0. The molecule has 88 valence electrons. The number of rotatable bonds is 6. The summed E-state index contributed by atoms with van der Waals surface area (Å²) in [6.07, 6.45) is 7.63. The predicted molar refractivity (Wildman–Crippen MR) is 65.7 cm³/mol. The van der Waals surface area contributed by atoms with E-state index >= 15 is 0 Å². The van der Waals surface area contributed by atoms with Crippen molar-refractivity contribution < 1.29 is 4.79 Å². The molecule has 1 heterocycles. The van der Waals surface area contributed by atoms with Crippen LogP contribution in [-0.2, 0) is 0 Å². The fourth-order valence-corrected chi connectivity index (χ4v) is 1.58. The molecule has 1 N–H and O–H groups in total. The van der Waals surface area contributed by atoms with Gasteiger partial charge in [-0.1, -0.05) is 37.8 Å². The van der Waals surface area contributed by atoms with E-state index in [2.05, 4.69) is 17.2 Å². The van der Waals surface area contributed by atoms with Crippen LogP contribution in [0.2, 0.25) is 5.02 Å². The molecule has 0 fully saturated rings. The average molecular weight is 241 g/mol. The van der Waals surface area contributed by atoms with Gasteiger partial charge in [0.15, 0.2) is 0 Å². The lowest BCUT2D eigenvalue weighted by Crippen LogP contribution is -2.24. The van der Waals surface area contributed by atoms with Crippen LogP contribution < -0.4 is 5.32 Å². The number of unbranched alkanes of at least 4 members (excludes halogenated alkanes) is 3. The van der Waals surface area contributed by atoms with Crippen LogP contribution in [-0.4, -0.2) is 17.4 Å². The zero-order valence-electron chi connectivity index (χ0n) is 9.50. The van der Waals surface area contributed by atoms with Crippen molar-refractivity contribution in [2.75, 3.05) is 6.54 Å². The van der Waals surface area contributed by atoms with Gasteiger partial charge in [-0.3, -0.25) is 9.78 Å². The molecule has 0 aromatic carbocycles. The first-order chi connectivity index (χ1) is 7.75. The number of nitrogens with zero attached hydrogens (tertiary/aromatic N) is 1. The minimum atomic E-state index is -0.144. The Balaban J connectivity index is 2.33. The molecule has 0 spiro atoms. The first-order valence-corrected chi connectivity index (χ1v) is 6.01. The van der Waals surface area contributed by atoms with E-state index in [1.807, 2.05) is 0 Å². The van der Waals surface area contributed by atoms with E-state index in [0.29, 0.717) is 17.1 Å². The molecule has 1 rings (SSSR count). The number of amides is 1. The zero-order valence-corrected chi connectivity index (χ0v) is 10.3. The van der Waals surface area contributed by atoms with Gasteiger partial charge >= 0.3 is 0 Å². The lowest BCUT2D eigenvalue weighted by molar-refractivity contribution is 0.0952. The number of hydrogen-bond acceptors (Lipinski definition) is 2. The van der Waals surface area contributed by atoms with Crippen LogP contribution in [0.1, 0.15) is 43.0 Å². The normalized spacial score (nSPS) is 10.1. The third-order valence-corrected chi connectivity index (χ3v) is 2.66. The maximum Gasteiger partial charge on any atom is 0.254 e. The number of hydrogen-bond donors (Lipinski definition) is 1. The fraction of sp³-hybridized carbons (Fsp3) is 0.500. The highest BCUT2D eigenvalue weighted by Crippen LogP contribution is 2.12. The lowest BCUT2D eigenvalue weighted by Gasteiger charge is -2.05. The Bertz CT molecular complexity index is 342. The van der Waals surface area contributed by atoms with Crippen molar-refractivity contribution in [1.82, 2.24) is 10.3 Å². The number of carbonyl (C=O) groups excluding carboxylic acids is 1. The van der Waals surface area contributed by atoms with Crippen molar-refractivity contribution in [3.8, 4) is 0 Å². The zero-order chi connectivity index (χ0) is 11.8. The van der Waals surface area contributed by atoms with E-state index in [0.717, 1.165) is 12.8 Å². The fourth-order valence-electron chi connectivity index (χ4n) is 1.39. The summed E-state index contributed by atoms with van der Waals surface area (Å²) in [4.78, 5) is 15.5. The van der Waals surface area contributed by atoms with E-state index in [1.165, 1.54) is 19.0 Å². The SMILES string of the molecule is CCCCCCNC(=O)c1cnccc1Cl. The van der Waals surface area contributed by atoms with Crippen LogP contribution in [0.3, 0.4) is 0 Å². The number of aromatic nitrogens is 1. The summed E-state index contributed by atoms with van der Waals surface area (Å²) in [6, 6.07) is 1.62. The maximum atomic E-state index is 11.7. The number of carbonyl (C=O) groups is 1. The van der Waals surface area contributed by atoms with Gasteiger partial charge in [0.25, 0.3) is 5.91 Å². The highest BCUT2D eigenvalue weighted by atomic mass is 35.5. The second kappa shape index (κ2) is 7.23. The van der Waals surface area contributed by atoms with Gasteiger partial charge in [0.1, 0.15) is 0 Å². The smallest absolute Gasteiger partial charge is 0.254 e. The van der Waals surface area contributed by atoms with Crippen LogP contribution in [0, 0.1) is 0 Å². The minimum absolute atomic E-state index is 0.144. The third-order valence-electron chi connectivity index (χ3n) is 2.33. The molecule has 16 heavy (non-hydrogen) atoms. The maximum absolute atomic E-state index is 11.7. The summed E-state index contributed by atoms with van der Waals surface area (Å²) in [5, 5.41) is 3.28. The Kier molecular flexibility index (Phi) is 5.86. The van der Waals surface area contributed by atoms with Crippen molar-refractivity contribution in [1.29, 1.82) is 0 Å². The molecule has 4 heteroatoms.